The van der Waals surface area contributed by atoms with Gasteiger partial charge in [0.15, 0.2) is 5.75 Å². The molecular weight excluding hydrogens is 286 g/mol. The third-order valence-electron chi connectivity index (χ3n) is 3.98. The SMILES string of the molecule is CC(Cc1ccccc1)c1cc(=O)c(O)cn1-c1ccccc1. The normalized spacial score (nSPS) is 12.0. The van der Waals surface area contributed by atoms with Gasteiger partial charge in [-0.3, -0.25) is 4.79 Å². The van der Waals surface area contributed by atoms with Gasteiger partial charge < -0.3 is 9.67 Å². The Morgan fingerprint density at radius 2 is 1.61 bits per heavy atom. The zero-order valence-electron chi connectivity index (χ0n) is 13.0. The Labute approximate surface area is 135 Å². The molecule has 1 aromatic heterocycles. The number of nitrogens with zero attached hydrogens (tertiary/aromatic N) is 1. The number of pyridine rings is 1. The standard InChI is InChI=1S/C20H19NO2/c1-15(12-16-8-4-2-5-9-16)18-13-19(22)20(23)14-21(18)17-10-6-3-7-11-17/h2-11,13-15,23H,12H2,1H3. The summed E-state index contributed by atoms with van der Waals surface area (Å²) in [6.07, 6.45) is 2.34. The summed E-state index contributed by atoms with van der Waals surface area (Å²) in [6.45, 7) is 2.10. The van der Waals surface area contributed by atoms with Crippen LogP contribution in [0.15, 0.2) is 77.7 Å². The van der Waals surface area contributed by atoms with E-state index in [0.717, 1.165) is 17.8 Å². The van der Waals surface area contributed by atoms with Gasteiger partial charge in [-0.15, -0.1) is 0 Å². The molecule has 1 unspecified atom stereocenters. The first-order valence-electron chi connectivity index (χ1n) is 7.70. The monoisotopic (exact) mass is 305 g/mol. The number of benzene rings is 2. The summed E-state index contributed by atoms with van der Waals surface area (Å²) in [4.78, 5) is 11.9. The van der Waals surface area contributed by atoms with Gasteiger partial charge in [0.2, 0.25) is 5.43 Å². The Kier molecular flexibility index (Phi) is 4.29. The fourth-order valence-electron chi connectivity index (χ4n) is 2.80. The second-order valence-electron chi connectivity index (χ2n) is 5.74. The van der Waals surface area contributed by atoms with Crippen LogP contribution in [0, 0.1) is 0 Å². The van der Waals surface area contributed by atoms with Crippen LogP contribution in [0.25, 0.3) is 5.69 Å². The van der Waals surface area contributed by atoms with Crippen molar-refractivity contribution in [2.45, 2.75) is 19.3 Å². The Bertz CT molecular complexity index is 839. The maximum atomic E-state index is 11.9. The Morgan fingerprint density at radius 1 is 1.00 bits per heavy atom. The van der Waals surface area contributed by atoms with E-state index in [-0.39, 0.29) is 17.1 Å². The quantitative estimate of drug-likeness (QED) is 0.794. The van der Waals surface area contributed by atoms with Crippen LogP contribution in [0.4, 0.5) is 0 Å². The van der Waals surface area contributed by atoms with Gasteiger partial charge in [0.1, 0.15) is 0 Å². The van der Waals surface area contributed by atoms with Gasteiger partial charge in [0.25, 0.3) is 0 Å². The smallest absolute Gasteiger partial charge is 0.223 e. The van der Waals surface area contributed by atoms with Crippen LogP contribution in [0.2, 0.25) is 0 Å². The van der Waals surface area contributed by atoms with E-state index in [4.69, 9.17) is 0 Å². The van der Waals surface area contributed by atoms with Crippen LogP contribution in [0.1, 0.15) is 24.1 Å². The first-order chi connectivity index (χ1) is 11.1. The molecule has 0 aliphatic carbocycles. The molecule has 0 aliphatic rings. The van der Waals surface area contributed by atoms with Crippen LogP contribution < -0.4 is 5.43 Å². The molecule has 0 bridgehead atoms. The van der Waals surface area contributed by atoms with Gasteiger partial charge >= 0.3 is 0 Å². The average Bonchev–Trinajstić information content (AvgIpc) is 2.58. The van der Waals surface area contributed by atoms with E-state index in [1.165, 1.54) is 17.8 Å². The molecule has 0 saturated carbocycles. The van der Waals surface area contributed by atoms with Gasteiger partial charge in [-0.05, 0) is 24.1 Å². The zero-order valence-corrected chi connectivity index (χ0v) is 13.0. The Balaban J connectivity index is 2.04. The molecular formula is C20H19NO2. The van der Waals surface area contributed by atoms with Crippen molar-refractivity contribution in [2.75, 3.05) is 0 Å². The third-order valence-corrected chi connectivity index (χ3v) is 3.98. The van der Waals surface area contributed by atoms with Crippen molar-refractivity contribution in [3.05, 3.63) is 94.4 Å². The van der Waals surface area contributed by atoms with E-state index >= 15 is 0 Å². The maximum Gasteiger partial charge on any atom is 0.223 e. The van der Waals surface area contributed by atoms with Crippen molar-refractivity contribution < 1.29 is 5.11 Å². The Morgan fingerprint density at radius 3 is 2.26 bits per heavy atom. The van der Waals surface area contributed by atoms with E-state index in [9.17, 15) is 9.90 Å². The van der Waals surface area contributed by atoms with Gasteiger partial charge in [-0.2, -0.15) is 0 Å². The van der Waals surface area contributed by atoms with E-state index in [2.05, 4.69) is 19.1 Å². The van der Waals surface area contributed by atoms with Crippen LogP contribution in [-0.4, -0.2) is 9.67 Å². The summed E-state index contributed by atoms with van der Waals surface area (Å²) in [5.74, 6) is -0.0876. The summed E-state index contributed by atoms with van der Waals surface area (Å²) in [7, 11) is 0. The summed E-state index contributed by atoms with van der Waals surface area (Å²) in [6, 6.07) is 21.5. The fourth-order valence-corrected chi connectivity index (χ4v) is 2.80. The molecule has 0 spiro atoms. The van der Waals surface area contributed by atoms with Crippen LogP contribution in [0.5, 0.6) is 5.75 Å². The number of hydrogen-bond acceptors (Lipinski definition) is 2. The molecule has 0 aliphatic heterocycles. The lowest BCUT2D eigenvalue weighted by Gasteiger charge is -2.19. The summed E-state index contributed by atoms with van der Waals surface area (Å²) in [5.41, 5.74) is 2.70. The summed E-state index contributed by atoms with van der Waals surface area (Å²) in [5, 5.41) is 9.82. The largest absolute Gasteiger partial charge is 0.503 e. The molecule has 3 aromatic rings. The lowest BCUT2D eigenvalue weighted by atomic mass is 9.97. The minimum Gasteiger partial charge on any atom is -0.503 e. The third kappa shape index (κ3) is 3.34. The minimum atomic E-state index is -0.341. The molecule has 116 valence electrons. The Hall–Kier alpha value is -2.81. The van der Waals surface area contributed by atoms with Gasteiger partial charge in [0.05, 0.1) is 6.20 Å². The highest BCUT2D eigenvalue weighted by atomic mass is 16.3. The predicted molar refractivity (Wildman–Crippen MR) is 92.3 cm³/mol. The molecule has 2 aromatic carbocycles. The van der Waals surface area contributed by atoms with Gasteiger partial charge in [-0.1, -0.05) is 55.5 Å². The lowest BCUT2D eigenvalue weighted by molar-refractivity contribution is 0.463. The van der Waals surface area contributed by atoms with Crippen molar-refractivity contribution in [1.82, 2.24) is 4.57 Å². The molecule has 23 heavy (non-hydrogen) atoms. The minimum absolute atomic E-state index is 0.144. The maximum absolute atomic E-state index is 11.9. The average molecular weight is 305 g/mol. The summed E-state index contributed by atoms with van der Waals surface area (Å²) < 4.78 is 1.89. The van der Waals surface area contributed by atoms with Crippen LogP contribution in [0.3, 0.4) is 0 Å². The first kappa shape index (κ1) is 15.1. The van der Waals surface area contributed by atoms with E-state index in [0.29, 0.717) is 0 Å². The number of aromatic hydroxyl groups is 1. The first-order valence-corrected chi connectivity index (χ1v) is 7.70. The highest BCUT2D eigenvalue weighted by molar-refractivity contribution is 5.38. The highest BCUT2D eigenvalue weighted by Gasteiger charge is 2.14. The zero-order chi connectivity index (χ0) is 16.2. The van der Waals surface area contributed by atoms with Crippen molar-refractivity contribution in [2.24, 2.45) is 0 Å². The molecule has 1 atom stereocenters. The van der Waals surface area contributed by atoms with Gasteiger partial charge in [0, 0.05) is 23.4 Å². The second-order valence-corrected chi connectivity index (χ2v) is 5.74. The molecule has 0 saturated heterocycles. The molecule has 1 N–H and O–H groups in total. The lowest BCUT2D eigenvalue weighted by Crippen LogP contribution is -2.14. The topological polar surface area (TPSA) is 42.2 Å². The molecule has 0 amide bonds. The summed E-state index contributed by atoms with van der Waals surface area (Å²) >= 11 is 0. The molecule has 1 heterocycles. The van der Waals surface area contributed by atoms with Crippen molar-refractivity contribution >= 4 is 0 Å². The number of hydrogen-bond donors (Lipinski definition) is 1. The second kappa shape index (κ2) is 6.53. The predicted octanol–water partition coefficient (Wildman–Crippen LogP) is 3.89. The molecule has 0 radical (unpaired) electrons. The van der Waals surface area contributed by atoms with Gasteiger partial charge in [-0.25, -0.2) is 0 Å². The van der Waals surface area contributed by atoms with Crippen molar-refractivity contribution in [3.8, 4) is 11.4 Å². The molecule has 0 fully saturated rings. The van der Waals surface area contributed by atoms with E-state index in [1.54, 1.807) is 0 Å². The number of para-hydroxylation sites is 1. The molecule has 3 rings (SSSR count). The van der Waals surface area contributed by atoms with Crippen LogP contribution in [-0.2, 0) is 6.42 Å². The number of rotatable bonds is 4. The van der Waals surface area contributed by atoms with Crippen molar-refractivity contribution in [1.29, 1.82) is 0 Å². The van der Waals surface area contributed by atoms with Crippen molar-refractivity contribution in [3.63, 3.8) is 0 Å². The van der Waals surface area contributed by atoms with E-state index < -0.39 is 0 Å². The molecule has 3 heteroatoms. The highest BCUT2D eigenvalue weighted by Crippen LogP contribution is 2.23. The van der Waals surface area contributed by atoms with Crippen LogP contribution >= 0.6 is 0 Å². The van der Waals surface area contributed by atoms with E-state index in [1.807, 2.05) is 53.1 Å². The fraction of sp³-hybridized carbons (Fsp3) is 0.150. The number of aromatic nitrogens is 1. The molecule has 3 nitrogen and oxygen atoms in total.